The predicted molar refractivity (Wildman–Crippen MR) is 83.4 cm³/mol. The molecule has 1 aliphatic heterocycles. The molecule has 3 nitrogen and oxygen atoms in total. The number of rotatable bonds is 5. The number of phenols is 1. The minimum absolute atomic E-state index is 0.0786. The maximum Gasteiger partial charge on any atom is 0.157 e. The highest BCUT2D eigenvalue weighted by molar-refractivity contribution is 5.85. The van der Waals surface area contributed by atoms with Gasteiger partial charge < -0.3 is 9.94 Å². The molecule has 0 amide bonds. The van der Waals surface area contributed by atoms with Crippen LogP contribution in [0.15, 0.2) is 59.8 Å². The van der Waals surface area contributed by atoms with Gasteiger partial charge in [-0.15, -0.1) is 0 Å². The summed E-state index contributed by atoms with van der Waals surface area (Å²) in [5, 5.41) is 13.5. The van der Waals surface area contributed by atoms with Gasteiger partial charge in [0.1, 0.15) is 5.75 Å². The maximum absolute atomic E-state index is 9.26. The third kappa shape index (κ3) is 3.63. The number of nitrogens with zero attached hydrogens (tertiary/aromatic N) is 1. The zero-order chi connectivity index (χ0) is 14.5. The topological polar surface area (TPSA) is 41.8 Å². The van der Waals surface area contributed by atoms with Crippen molar-refractivity contribution in [2.45, 2.75) is 31.8 Å². The number of aryl methyl sites for hydroxylation is 1. The molecule has 0 radical (unpaired) electrons. The van der Waals surface area contributed by atoms with Crippen LogP contribution in [0.1, 0.15) is 36.5 Å². The molecule has 1 N–H and O–H groups in total. The van der Waals surface area contributed by atoms with Crippen LogP contribution in [0.2, 0.25) is 0 Å². The lowest BCUT2D eigenvalue weighted by Gasteiger charge is -2.07. The van der Waals surface area contributed by atoms with Gasteiger partial charge in [-0.25, -0.2) is 0 Å². The quantitative estimate of drug-likeness (QED) is 0.891. The molecule has 1 heterocycles. The number of benzene rings is 2. The van der Waals surface area contributed by atoms with E-state index in [9.17, 15) is 5.11 Å². The van der Waals surface area contributed by atoms with E-state index in [4.69, 9.17) is 4.84 Å². The molecule has 108 valence electrons. The molecule has 1 aliphatic rings. The van der Waals surface area contributed by atoms with Gasteiger partial charge in [0.2, 0.25) is 0 Å². The molecule has 0 spiro atoms. The van der Waals surface area contributed by atoms with E-state index in [0.29, 0.717) is 5.75 Å². The van der Waals surface area contributed by atoms with Crippen molar-refractivity contribution in [1.29, 1.82) is 0 Å². The minimum Gasteiger partial charge on any atom is -0.508 e. The largest absolute Gasteiger partial charge is 0.508 e. The lowest BCUT2D eigenvalue weighted by atomic mass is 10.0. The summed E-state index contributed by atoms with van der Waals surface area (Å²) in [6.07, 6.45) is 3.97. The fourth-order valence-electron chi connectivity index (χ4n) is 2.58. The highest BCUT2D eigenvalue weighted by atomic mass is 16.6. The van der Waals surface area contributed by atoms with Gasteiger partial charge in [0.15, 0.2) is 6.10 Å². The third-order valence-corrected chi connectivity index (χ3v) is 3.77. The molecule has 0 saturated carbocycles. The SMILES string of the molecule is Oc1ccc(CCCC2=NO[C@@H](c3ccccc3)C2)cc1. The summed E-state index contributed by atoms with van der Waals surface area (Å²) < 4.78 is 0. The van der Waals surface area contributed by atoms with Gasteiger partial charge in [-0.3, -0.25) is 0 Å². The average Bonchev–Trinajstić information content (AvgIpc) is 2.99. The number of hydrogen-bond acceptors (Lipinski definition) is 3. The lowest BCUT2D eigenvalue weighted by molar-refractivity contribution is 0.0857. The summed E-state index contributed by atoms with van der Waals surface area (Å²) in [7, 11) is 0. The van der Waals surface area contributed by atoms with E-state index in [1.54, 1.807) is 12.1 Å². The summed E-state index contributed by atoms with van der Waals surface area (Å²) in [5.74, 6) is 0.318. The molecule has 0 unspecified atom stereocenters. The van der Waals surface area contributed by atoms with E-state index >= 15 is 0 Å². The van der Waals surface area contributed by atoms with E-state index in [2.05, 4.69) is 17.3 Å². The van der Waals surface area contributed by atoms with Crippen molar-refractivity contribution in [3.05, 3.63) is 65.7 Å². The molecular weight excluding hydrogens is 262 g/mol. The van der Waals surface area contributed by atoms with Crippen molar-refractivity contribution >= 4 is 5.71 Å². The van der Waals surface area contributed by atoms with Crippen LogP contribution in [-0.4, -0.2) is 10.8 Å². The highest BCUT2D eigenvalue weighted by Gasteiger charge is 2.21. The van der Waals surface area contributed by atoms with Crippen LogP contribution >= 0.6 is 0 Å². The Morgan fingerprint density at radius 1 is 1.00 bits per heavy atom. The van der Waals surface area contributed by atoms with E-state index in [1.807, 2.05) is 30.3 Å². The van der Waals surface area contributed by atoms with Crippen LogP contribution in [0.3, 0.4) is 0 Å². The van der Waals surface area contributed by atoms with Gasteiger partial charge in [0.05, 0.1) is 5.71 Å². The third-order valence-electron chi connectivity index (χ3n) is 3.77. The first-order chi connectivity index (χ1) is 10.3. The Balaban J connectivity index is 1.46. The van der Waals surface area contributed by atoms with E-state index in [-0.39, 0.29) is 6.10 Å². The van der Waals surface area contributed by atoms with Crippen molar-refractivity contribution in [1.82, 2.24) is 0 Å². The molecule has 1 atom stereocenters. The normalized spacial score (nSPS) is 17.3. The number of phenolic OH excluding ortho intramolecular Hbond substituents is 1. The Labute approximate surface area is 124 Å². The molecule has 0 bridgehead atoms. The average molecular weight is 281 g/mol. The second-order valence-electron chi connectivity index (χ2n) is 5.39. The number of hydrogen-bond donors (Lipinski definition) is 1. The van der Waals surface area contributed by atoms with Gasteiger partial charge in [0.25, 0.3) is 0 Å². The lowest BCUT2D eigenvalue weighted by Crippen LogP contribution is -2.00. The molecule has 2 aromatic rings. The Hall–Kier alpha value is -2.29. The predicted octanol–water partition coefficient (Wildman–Crippen LogP) is 4.23. The second kappa shape index (κ2) is 6.44. The molecule has 2 aromatic carbocycles. The fourth-order valence-corrected chi connectivity index (χ4v) is 2.58. The van der Waals surface area contributed by atoms with Gasteiger partial charge in [0, 0.05) is 6.42 Å². The molecule has 0 saturated heterocycles. The highest BCUT2D eigenvalue weighted by Crippen LogP contribution is 2.28. The van der Waals surface area contributed by atoms with E-state index in [1.165, 1.54) is 11.1 Å². The van der Waals surface area contributed by atoms with Crippen LogP contribution in [-0.2, 0) is 11.3 Å². The molecule has 0 aromatic heterocycles. The first-order valence-corrected chi connectivity index (χ1v) is 7.36. The summed E-state index contributed by atoms with van der Waals surface area (Å²) in [4.78, 5) is 5.53. The van der Waals surface area contributed by atoms with E-state index < -0.39 is 0 Å². The molecule has 0 aliphatic carbocycles. The minimum atomic E-state index is 0.0786. The fraction of sp³-hybridized carbons (Fsp3) is 0.278. The van der Waals surface area contributed by atoms with Crippen LogP contribution in [0, 0.1) is 0 Å². The van der Waals surface area contributed by atoms with Crippen molar-refractivity contribution < 1.29 is 9.94 Å². The van der Waals surface area contributed by atoms with Crippen LogP contribution in [0.4, 0.5) is 0 Å². The van der Waals surface area contributed by atoms with Crippen molar-refractivity contribution in [2.24, 2.45) is 5.16 Å². The maximum atomic E-state index is 9.26. The summed E-state index contributed by atoms with van der Waals surface area (Å²) in [6, 6.07) is 17.6. The molecular formula is C18H19NO2. The Bertz CT molecular complexity index is 605. The first-order valence-electron chi connectivity index (χ1n) is 7.36. The second-order valence-corrected chi connectivity index (χ2v) is 5.39. The molecule has 0 fully saturated rings. The first kappa shape index (κ1) is 13.7. The van der Waals surface area contributed by atoms with Crippen LogP contribution < -0.4 is 0 Å². The summed E-state index contributed by atoms with van der Waals surface area (Å²) in [5.41, 5.74) is 3.57. The smallest absolute Gasteiger partial charge is 0.157 e. The van der Waals surface area contributed by atoms with Gasteiger partial charge in [-0.1, -0.05) is 47.6 Å². The molecule has 3 heteroatoms. The van der Waals surface area contributed by atoms with Gasteiger partial charge in [-0.05, 0) is 42.5 Å². The number of aromatic hydroxyl groups is 1. The molecule has 21 heavy (non-hydrogen) atoms. The van der Waals surface area contributed by atoms with Gasteiger partial charge in [-0.2, -0.15) is 0 Å². The Morgan fingerprint density at radius 2 is 1.76 bits per heavy atom. The van der Waals surface area contributed by atoms with Crippen LogP contribution in [0.5, 0.6) is 5.75 Å². The zero-order valence-electron chi connectivity index (χ0n) is 11.9. The molecule has 3 rings (SSSR count). The van der Waals surface area contributed by atoms with Crippen molar-refractivity contribution in [3.63, 3.8) is 0 Å². The summed E-state index contributed by atoms with van der Waals surface area (Å²) >= 11 is 0. The van der Waals surface area contributed by atoms with Crippen molar-refractivity contribution in [3.8, 4) is 5.75 Å². The summed E-state index contributed by atoms with van der Waals surface area (Å²) in [6.45, 7) is 0. The monoisotopic (exact) mass is 281 g/mol. The van der Waals surface area contributed by atoms with Crippen molar-refractivity contribution in [2.75, 3.05) is 0 Å². The standard InChI is InChI=1S/C18H19NO2/c20-17-11-9-14(10-12-17)5-4-8-16-13-18(21-19-16)15-6-2-1-3-7-15/h1-3,6-7,9-12,18,20H,4-5,8,13H2/t18-/m1/s1. The Kier molecular flexibility index (Phi) is 4.20. The van der Waals surface area contributed by atoms with Crippen LogP contribution in [0.25, 0.3) is 0 Å². The van der Waals surface area contributed by atoms with Gasteiger partial charge >= 0.3 is 0 Å². The zero-order valence-corrected chi connectivity index (χ0v) is 11.9. The number of oxime groups is 1. The Morgan fingerprint density at radius 3 is 2.52 bits per heavy atom. The van der Waals surface area contributed by atoms with E-state index in [0.717, 1.165) is 31.4 Å².